The molecule has 1 aliphatic carbocycles. The predicted octanol–water partition coefficient (Wildman–Crippen LogP) is 10.5. The average Bonchev–Trinajstić information content (AvgIpc) is 3.57. The van der Waals surface area contributed by atoms with Gasteiger partial charge in [-0.2, -0.15) is 0 Å². The summed E-state index contributed by atoms with van der Waals surface area (Å²) in [5.74, 6) is 0.648. The van der Waals surface area contributed by atoms with Crippen molar-refractivity contribution in [3.63, 3.8) is 0 Å². The molecule has 38 heavy (non-hydrogen) atoms. The zero-order valence-electron chi connectivity index (χ0n) is 21.5. The van der Waals surface area contributed by atoms with Gasteiger partial charge in [-0.05, 0) is 84.0 Å². The monoisotopic (exact) mass is 547 g/mol. The SMILES string of the molecule is C[C@H]1CC1(C)c1cc(Sc2ccccc2)cc(Sc2ccccc2)c1-c1cc(Sc2ccccc2)ccn1. The maximum Gasteiger partial charge on any atom is 0.0727 e. The normalized spacial score (nSPS) is 18.3. The van der Waals surface area contributed by atoms with Crippen molar-refractivity contribution in [3.05, 3.63) is 127 Å². The van der Waals surface area contributed by atoms with E-state index in [0.29, 0.717) is 5.92 Å². The van der Waals surface area contributed by atoms with Crippen molar-refractivity contribution in [2.75, 3.05) is 0 Å². The fourth-order valence-electron chi connectivity index (χ4n) is 4.87. The maximum absolute atomic E-state index is 4.96. The third-order valence-corrected chi connectivity index (χ3v) is 10.3. The largest absolute Gasteiger partial charge is 0.256 e. The summed E-state index contributed by atoms with van der Waals surface area (Å²) in [5.41, 5.74) is 3.90. The van der Waals surface area contributed by atoms with Gasteiger partial charge in [-0.1, -0.05) is 104 Å². The minimum Gasteiger partial charge on any atom is -0.256 e. The molecule has 4 heteroatoms. The lowest BCUT2D eigenvalue weighted by molar-refractivity contribution is 0.699. The smallest absolute Gasteiger partial charge is 0.0727 e. The highest BCUT2D eigenvalue weighted by Crippen LogP contribution is 2.58. The van der Waals surface area contributed by atoms with Crippen molar-refractivity contribution in [1.82, 2.24) is 4.98 Å². The van der Waals surface area contributed by atoms with E-state index in [9.17, 15) is 0 Å². The lowest BCUT2D eigenvalue weighted by atomic mass is 9.89. The molecule has 0 spiro atoms. The van der Waals surface area contributed by atoms with Gasteiger partial charge in [-0.25, -0.2) is 0 Å². The topological polar surface area (TPSA) is 12.9 Å². The summed E-state index contributed by atoms with van der Waals surface area (Å²) >= 11 is 5.48. The Morgan fingerprint density at radius 3 is 1.71 bits per heavy atom. The molecule has 2 atom stereocenters. The third kappa shape index (κ3) is 5.58. The molecule has 0 N–H and O–H groups in total. The standard InChI is InChI=1S/C34H29NS3/c1-24-23-34(24,2)30-20-29(37-26-14-8-4-9-15-26)22-32(38-27-16-10-5-11-17-27)33(30)31-21-28(18-19-35-31)36-25-12-6-3-7-13-25/h3-22,24H,23H2,1-2H3/t24-,34?/m0/s1. The fourth-order valence-corrected chi connectivity index (χ4v) is 7.78. The van der Waals surface area contributed by atoms with Crippen molar-refractivity contribution in [3.8, 4) is 11.3 Å². The van der Waals surface area contributed by atoms with Crippen LogP contribution in [-0.2, 0) is 5.41 Å². The van der Waals surface area contributed by atoms with Crippen LogP contribution in [-0.4, -0.2) is 4.98 Å². The molecule has 1 aromatic heterocycles. The quantitative estimate of drug-likeness (QED) is 0.191. The Hall–Kier alpha value is -2.92. The maximum atomic E-state index is 4.96. The van der Waals surface area contributed by atoms with Gasteiger partial charge in [0.1, 0.15) is 0 Å². The van der Waals surface area contributed by atoms with Crippen molar-refractivity contribution in [2.24, 2.45) is 5.92 Å². The van der Waals surface area contributed by atoms with Crippen LogP contribution < -0.4 is 0 Å². The molecule has 1 heterocycles. The zero-order chi connectivity index (χ0) is 26.0. The van der Waals surface area contributed by atoms with Gasteiger partial charge < -0.3 is 0 Å². The van der Waals surface area contributed by atoms with Crippen molar-refractivity contribution in [2.45, 2.75) is 55.1 Å². The minimum absolute atomic E-state index is 0.152. The summed E-state index contributed by atoms with van der Waals surface area (Å²) in [5, 5.41) is 0. The molecule has 1 unspecified atom stereocenters. The Kier molecular flexibility index (Phi) is 7.38. The molecule has 1 saturated carbocycles. The molecule has 0 bridgehead atoms. The van der Waals surface area contributed by atoms with Gasteiger partial charge in [-0.15, -0.1) is 0 Å². The number of rotatable bonds is 8. The van der Waals surface area contributed by atoms with E-state index >= 15 is 0 Å². The van der Waals surface area contributed by atoms with Crippen molar-refractivity contribution >= 4 is 35.3 Å². The fraction of sp³-hybridized carbons (Fsp3) is 0.147. The van der Waals surface area contributed by atoms with Gasteiger partial charge >= 0.3 is 0 Å². The van der Waals surface area contributed by atoms with E-state index in [1.165, 1.54) is 46.9 Å². The van der Waals surface area contributed by atoms with Crippen LogP contribution in [0.2, 0.25) is 0 Å². The summed E-state index contributed by atoms with van der Waals surface area (Å²) in [4.78, 5) is 12.5. The first-order chi connectivity index (χ1) is 18.6. The summed E-state index contributed by atoms with van der Waals surface area (Å²) < 4.78 is 0. The number of hydrogen-bond donors (Lipinski definition) is 0. The van der Waals surface area contributed by atoms with Crippen molar-refractivity contribution in [1.29, 1.82) is 0 Å². The molecule has 0 radical (unpaired) electrons. The van der Waals surface area contributed by atoms with Crippen molar-refractivity contribution < 1.29 is 0 Å². The van der Waals surface area contributed by atoms with Crippen LogP contribution >= 0.6 is 35.3 Å². The minimum atomic E-state index is 0.152. The van der Waals surface area contributed by atoms with Crippen LogP contribution in [0.5, 0.6) is 0 Å². The summed E-state index contributed by atoms with van der Waals surface area (Å²) in [7, 11) is 0. The molecule has 188 valence electrons. The highest BCUT2D eigenvalue weighted by atomic mass is 32.2. The Morgan fingerprint density at radius 2 is 1.16 bits per heavy atom. The molecule has 0 aliphatic heterocycles. The highest BCUT2D eigenvalue weighted by Gasteiger charge is 2.49. The molecular weight excluding hydrogens is 519 g/mol. The Bertz CT molecular complexity index is 1540. The van der Waals surface area contributed by atoms with Gasteiger partial charge in [0.15, 0.2) is 0 Å². The second kappa shape index (κ2) is 11.1. The number of pyridine rings is 1. The van der Waals surface area contributed by atoms with E-state index in [1.807, 2.05) is 29.7 Å². The van der Waals surface area contributed by atoms with Gasteiger partial charge in [-0.3, -0.25) is 4.98 Å². The molecule has 1 nitrogen and oxygen atoms in total. The number of hydrogen-bond acceptors (Lipinski definition) is 4. The van der Waals surface area contributed by atoms with E-state index in [-0.39, 0.29) is 5.41 Å². The van der Waals surface area contributed by atoms with E-state index in [2.05, 4.69) is 129 Å². The van der Waals surface area contributed by atoms with Crippen LogP contribution in [0.15, 0.2) is 151 Å². The van der Waals surface area contributed by atoms with Gasteiger partial charge in [0.2, 0.25) is 0 Å². The first kappa shape index (κ1) is 25.4. The van der Waals surface area contributed by atoms with Crippen LogP contribution in [0.1, 0.15) is 25.8 Å². The highest BCUT2D eigenvalue weighted by molar-refractivity contribution is 8.00. The molecular formula is C34H29NS3. The van der Waals surface area contributed by atoms with E-state index < -0.39 is 0 Å². The molecule has 0 amide bonds. The Morgan fingerprint density at radius 1 is 0.632 bits per heavy atom. The van der Waals surface area contributed by atoms with Gasteiger partial charge in [0, 0.05) is 41.1 Å². The van der Waals surface area contributed by atoms with E-state index in [0.717, 1.165) is 5.69 Å². The summed E-state index contributed by atoms with van der Waals surface area (Å²) in [6.45, 7) is 4.80. The molecule has 4 aromatic carbocycles. The van der Waals surface area contributed by atoms with Crippen LogP contribution in [0.3, 0.4) is 0 Å². The van der Waals surface area contributed by atoms with E-state index in [1.54, 1.807) is 11.8 Å². The molecule has 1 aliphatic rings. The Labute approximate surface area is 238 Å². The molecule has 6 rings (SSSR count). The van der Waals surface area contributed by atoms with Gasteiger partial charge in [0.05, 0.1) is 5.69 Å². The number of nitrogens with zero attached hydrogens (tertiary/aromatic N) is 1. The molecule has 1 fully saturated rings. The lowest BCUT2D eigenvalue weighted by Gasteiger charge is -2.22. The lowest BCUT2D eigenvalue weighted by Crippen LogP contribution is -2.08. The second-order valence-electron chi connectivity index (χ2n) is 9.99. The average molecular weight is 548 g/mol. The second-order valence-corrected chi connectivity index (χ2v) is 13.4. The van der Waals surface area contributed by atoms with Crippen LogP contribution in [0.4, 0.5) is 0 Å². The molecule has 0 saturated heterocycles. The zero-order valence-corrected chi connectivity index (χ0v) is 24.0. The number of aromatic nitrogens is 1. The van der Waals surface area contributed by atoms with Crippen LogP contribution in [0, 0.1) is 5.92 Å². The summed E-state index contributed by atoms with van der Waals surface area (Å²) in [6, 6.07) is 41.1. The van der Waals surface area contributed by atoms with E-state index in [4.69, 9.17) is 4.98 Å². The summed E-state index contributed by atoms with van der Waals surface area (Å²) in [6.07, 6.45) is 3.17. The number of benzene rings is 4. The molecule has 5 aromatic rings. The third-order valence-electron chi connectivity index (χ3n) is 7.27. The first-order valence-corrected chi connectivity index (χ1v) is 15.4. The van der Waals surface area contributed by atoms with Gasteiger partial charge in [0.25, 0.3) is 0 Å². The predicted molar refractivity (Wildman–Crippen MR) is 163 cm³/mol. The Balaban J connectivity index is 1.49. The van der Waals surface area contributed by atoms with Crippen LogP contribution in [0.25, 0.3) is 11.3 Å². The first-order valence-electron chi connectivity index (χ1n) is 12.9.